The van der Waals surface area contributed by atoms with Gasteiger partial charge >= 0.3 is 5.97 Å². The third-order valence-corrected chi connectivity index (χ3v) is 5.21. The third kappa shape index (κ3) is 3.69. The molecule has 1 fully saturated rings. The summed E-state index contributed by atoms with van der Waals surface area (Å²) in [7, 11) is 1.29. The number of fused-ring (bicyclic) bond motifs is 1. The van der Waals surface area contributed by atoms with E-state index in [-0.39, 0.29) is 35.2 Å². The number of carbonyl (C=O) groups excluding carboxylic acids is 4. The quantitative estimate of drug-likeness (QED) is 0.603. The number of anilines is 1. The molecule has 3 amide bonds. The van der Waals surface area contributed by atoms with Gasteiger partial charge in [0.1, 0.15) is 0 Å². The van der Waals surface area contributed by atoms with E-state index >= 15 is 0 Å². The van der Waals surface area contributed by atoms with Crippen LogP contribution in [0.15, 0.2) is 42.5 Å². The molecule has 1 saturated heterocycles. The second kappa shape index (κ2) is 8.08. The Hall–Kier alpha value is -3.52. The van der Waals surface area contributed by atoms with E-state index in [4.69, 9.17) is 4.74 Å². The highest BCUT2D eigenvalue weighted by Gasteiger charge is 2.37. The maximum atomic E-state index is 12.7. The third-order valence-electron chi connectivity index (χ3n) is 5.21. The van der Waals surface area contributed by atoms with Crippen molar-refractivity contribution < 1.29 is 28.7 Å². The van der Waals surface area contributed by atoms with Gasteiger partial charge in [-0.3, -0.25) is 19.3 Å². The van der Waals surface area contributed by atoms with Gasteiger partial charge in [-0.15, -0.1) is 0 Å². The van der Waals surface area contributed by atoms with Gasteiger partial charge in [0.15, 0.2) is 0 Å². The van der Waals surface area contributed by atoms with Crippen LogP contribution in [0.25, 0.3) is 0 Å². The van der Waals surface area contributed by atoms with Crippen LogP contribution >= 0.6 is 0 Å². The van der Waals surface area contributed by atoms with Crippen molar-refractivity contribution >= 4 is 29.4 Å². The Labute approximate surface area is 172 Å². The molecule has 2 aromatic rings. The highest BCUT2D eigenvalue weighted by molar-refractivity contribution is 6.22. The van der Waals surface area contributed by atoms with E-state index in [0.717, 1.165) is 12.8 Å². The first-order chi connectivity index (χ1) is 14.5. The van der Waals surface area contributed by atoms with Gasteiger partial charge in [-0.2, -0.15) is 0 Å². The number of esters is 1. The molecule has 0 spiro atoms. The number of carbonyl (C=O) groups is 4. The standard InChI is InChI=1S/C22H20N2O6/c1-29-22(28)13-4-7-15(8-5-13)23-19(25)14-6-9-17-18(11-14)21(27)24(20(17)26)12-16-3-2-10-30-16/h4-9,11,16H,2-3,10,12H2,1H3,(H,23,25)/t16-/m0/s1. The Kier molecular flexibility index (Phi) is 5.33. The van der Waals surface area contributed by atoms with E-state index in [0.29, 0.717) is 17.9 Å². The summed E-state index contributed by atoms with van der Waals surface area (Å²) in [5.41, 5.74) is 1.61. The zero-order chi connectivity index (χ0) is 21.3. The van der Waals surface area contributed by atoms with Crippen LogP contribution in [-0.4, -0.2) is 55.0 Å². The fourth-order valence-corrected chi connectivity index (χ4v) is 3.60. The first-order valence-electron chi connectivity index (χ1n) is 9.59. The van der Waals surface area contributed by atoms with E-state index in [1.54, 1.807) is 12.1 Å². The van der Waals surface area contributed by atoms with Crippen molar-refractivity contribution in [3.05, 3.63) is 64.7 Å². The van der Waals surface area contributed by atoms with Crippen molar-refractivity contribution in [2.75, 3.05) is 25.6 Å². The van der Waals surface area contributed by atoms with E-state index in [9.17, 15) is 19.2 Å². The van der Waals surface area contributed by atoms with Crippen LogP contribution in [-0.2, 0) is 9.47 Å². The summed E-state index contributed by atoms with van der Waals surface area (Å²) in [4.78, 5) is 50.6. The zero-order valence-corrected chi connectivity index (χ0v) is 16.3. The van der Waals surface area contributed by atoms with Crippen LogP contribution < -0.4 is 5.32 Å². The molecule has 0 aromatic heterocycles. The number of hydrogen-bond acceptors (Lipinski definition) is 6. The van der Waals surface area contributed by atoms with Crippen LogP contribution in [0.3, 0.4) is 0 Å². The van der Waals surface area contributed by atoms with Crippen LogP contribution in [0, 0.1) is 0 Å². The maximum Gasteiger partial charge on any atom is 0.337 e. The zero-order valence-electron chi connectivity index (χ0n) is 16.3. The Morgan fingerprint density at radius 3 is 2.43 bits per heavy atom. The lowest BCUT2D eigenvalue weighted by molar-refractivity contribution is 0.0475. The predicted molar refractivity (Wildman–Crippen MR) is 107 cm³/mol. The summed E-state index contributed by atoms with van der Waals surface area (Å²) >= 11 is 0. The first kappa shape index (κ1) is 19.8. The Bertz CT molecular complexity index is 1020. The lowest BCUT2D eigenvalue weighted by Crippen LogP contribution is -2.36. The summed E-state index contributed by atoms with van der Waals surface area (Å²) in [6.45, 7) is 0.860. The molecule has 154 valence electrons. The highest BCUT2D eigenvalue weighted by Crippen LogP contribution is 2.26. The number of imide groups is 1. The van der Waals surface area contributed by atoms with Gasteiger partial charge < -0.3 is 14.8 Å². The fraction of sp³-hybridized carbons (Fsp3) is 0.273. The molecule has 4 rings (SSSR count). The van der Waals surface area contributed by atoms with Crippen molar-refractivity contribution in [2.24, 2.45) is 0 Å². The molecule has 8 heteroatoms. The molecule has 0 unspecified atom stereocenters. The maximum absolute atomic E-state index is 12.7. The molecule has 2 heterocycles. The van der Waals surface area contributed by atoms with E-state index in [1.807, 2.05) is 0 Å². The number of amides is 3. The Morgan fingerprint density at radius 2 is 1.77 bits per heavy atom. The average Bonchev–Trinajstić information content (AvgIpc) is 3.36. The Balaban J connectivity index is 1.48. The van der Waals surface area contributed by atoms with Crippen molar-refractivity contribution in [1.82, 2.24) is 4.90 Å². The predicted octanol–water partition coefficient (Wildman–Crippen LogP) is 2.50. The molecular weight excluding hydrogens is 388 g/mol. The number of hydrogen-bond donors (Lipinski definition) is 1. The molecular formula is C22H20N2O6. The fourth-order valence-electron chi connectivity index (χ4n) is 3.60. The minimum atomic E-state index is -0.470. The summed E-state index contributed by atoms with van der Waals surface area (Å²) in [5.74, 6) is -1.68. The van der Waals surface area contributed by atoms with Crippen LogP contribution in [0.2, 0.25) is 0 Å². The minimum Gasteiger partial charge on any atom is -0.465 e. The average molecular weight is 408 g/mol. The van der Waals surface area contributed by atoms with Gasteiger partial charge in [0, 0.05) is 17.9 Å². The number of rotatable bonds is 5. The lowest BCUT2D eigenvalue weighted by Gasteiger charge is -2.17. The topological polar surface area (TPSA) is 102 Å². The van der Waals surface area contributed by atoms with E-state index in [2.05, 4.69) is 10.1 Å². The molecule has 2 aromatic carbocycles. The smallest absolute Gasteiger partial charge is 0.337 e. The molecule has 1 N–H and O–H groups in total. The van der Waals surface area contributed by atoms with Crippen molar-refractivity contribution in [2.45, 2.75) is 18.9 Å². The SMILES string of the molecule is COC(=O)c1ccc(NC(=O)c2ccc3c(c2)C(=O)N(C[C@@H]2CCCO2)C3=O)cc1. The van der Waals surface area contributed by atoms with Crippen LogP contribution in [0.4, 0.5) is 5.69 Å². The van der Waals surface area contributed by atoms with E-state index in [1.165, 1.54) is 42.3 Å². The number of methoxy groups -OCH3 is 1. The van der Waals surface area contributed by atoms with Gasteiger partial charge in [0.05, 0.1) is 36.4 Å². The molecule has 0 aliphatic carbocycles. The Morgan fingerprint density at radius 1 is 1.07 bits per heavy atom. The van der Waals surface area contributed by atoms with Crippen LogP contribution in [0.1, 0.15) is 54.3 Å². The van der Waals surface area contributed by atoms with Crippen molar-refractivity contribution in [1.29, 1.82) is 0 Å². The highest BCUT2D eigenvalue weighted by atomic mass is 16.5. The van der Waals surface area contributed by atoms with Gasteiger partial charge in [-0.05, 0) is 55.3 Å². The van der Waals surface area contributed by atoms with Gasteiger partial charge in [0.2, 0.25) is 0 Å². The summed E-state index contributed by atoms with van der Waals surface area (Å²) in [6, 6.07) is 10.7. The van der Waals surface area contributed by atoms with Gasteiger partial charge in [0.25, 0.3) is 17.7 Å². The minimum absolute atomic E-state index is 0.136. The van der Waals surface area contributed by atoms with Crippen molar-refractivity contribution in [3.63, 3.8) is 0 Å². The van der Waals surface area contributed by atoms with Gasteiger partial charge in [-0.1, -0.05) is 0 Å². The first-order valence-corrected chi connectivity index (χ1v) is 9.59. The molecule has 2 aliphatic heterocycles. The second-order valence-corrected chi connectivity index (χ2v) is 7.14. The van der Waals surface area contributed by atoms with Crippen molar-refractivity contribution in [3.8, 4) is 0 Å². The molecule has 2 aliphatic rings. The molecule has 0 saturated carbocycles. The molecule has 30 heavy (non-hydrogen) atoms. The van der Waals surface area contributed by atoms with E-state index < -0.39 is 17.8 Å². The molecule has 0 radical (unpaired) electrons. The number of ether oxygens (including phenoxy) is 2. The second-order valence-electron chi connectivity index (χ2n) is 7.14. The monoisotopic (exact) mass is 408 g/mol. The van der Waals surface area contributed by atoms with Gasteiger partial charge in [-0.25, -0.2) is 4.79 Å². The molecule has 8 nitrogen and oxygen atoms in total. The number of benzene rings is 2. The van der Waals surface area contributed by atoms with Crippen LogP contribution in [0.5, 0.6) is 0 Å². The molecule has 0 bridgehead atoms. The molecule has 1 atom stereocenters. The number of nitrogens with zero attached hydrogens (tertiary/aromatic N) is 1. The lowest BCUT2D eigenvalue weighted by atomic mass is 10.1. The largest absolute Gasteiger partial charge is 0.465 e. The summed E-state index contributed by atoms with van der Waals surface area (Å²) in [5, 5.41) is 2.71. The summed E-state index contributed by atoms with van der Waals surface area (Å²) < 4.78 is 10.2. The number of nitrogens with one attached hydrogen (secondary N) is 1. The normalized spacial score (nSPS) is 17.8. The summed E-state index contributed by atoms with van der Waals surface area (Å²) in [6.07, 6.45) is 1.59.